The maximum absolute atomic E-state index is 13.0. The second kappa shape index (κ2) is 12.0. The standard InChI is InChI=1S/C26H38N6O3/c1-17(2)16-22(34)31-13-9-12-21(33)27-19(5)26(35)28-23(18(3)4)25-29-24(30-32(25)15-14-31)20-10-7-6-8-11-20/h6-8,10-11,17-19,23H,9,12-16H2,1-5H3,(H,27,33)(H,28,35)/t19-,23+/m1/s1. The Morgan fingerprint density at radius 1 is 1.06 bits per heavy atom. The zero-order valence-electron chi connectivity index (χ0n) is 21.5. The first kappa shape index (κ1) is 26.4. The molecule has 2 N–H and O–H groups in total. The summed E-state index contributed by atoms with van der Waals surface area (Å²) in [6.07, 6.45) is 1.23. The van der Waals surface area contributed by atoms with Crippen LogP contribution in [0, 0.1) is 11.8 Å². The highest BCUT2D eigenvalue weighted by molar-refractivity contribution is 5.87. The van der Waals surface area contributed by atoms with E-state index in [4.69, 9.17) is 10.1 Å². The van der Waals surface area contributed by atoms with Gasteiger partial charge in [0.25, 0.3) is 0 Å². The molecular formula is C26H38N6O3. The molecule has 1 aliphatic heterocycles. The molecule has 9 nitrogen and oxygen atoms in total. The summed E-state index contributed by atoms with van der Waals surface area (Å²) in [6.45, 7) is 11.1. The highest BCUT2D eigenvalue weighted by atomic mass is 16.2. The van der Waals surface area contributed by atoms with E-state index >= 15 is 0 Å². The number of hydrogen-bond donors (Lipinski definition) is 2. The summed E-state index contributed by atoms with van der Waals surface area (Å²) >= 11 is 0. The lowest BCUT2D eigenvalue weighted by molar-refractivity contribution is -0.133. The van der Waals surface area contributed by atoms with Crippen LogP contribution in [0.3, 0.4) is 0 Å². The van der Waals surface area contributed by atoms with Gasteiger partial charge in [0.2, 0.25) is 17.7 Å². The minimum atomic E-state index is -0.685. The molecule has 0 bridgehead atoms. The highest BCUT2D eigenvalue weighted by Gasteiger charge is 2.28. The lowest BCUT2D eigenvalue weighted by Gasteiger charge is -2.27. The molecule has 0 saturated heterocycles. The normalized spacial score (nSPS) is 20.3. The molecule has 2 heterocycles. The third kappa shape index (κ3) is 7.13. The number of hydrogen-bond acceptors (Lipinski definition) is 5. The Labute approximate surface area is 207 Å². The zero-order valence-corrected chi connectivity index (χ0v) is 21.5. The molecule has 3 amide bonds. The predicted molar refractivity (Wildman–Crippen MR) is 134 cm³/mol. The molecule has 0 saturated carbocycles. The van der Waals surface area contributed by atoms with Gasteiger partial charge in [-0.3, -0.25) is 14.4 Å². The van der Waals surface area contributed by atoms with Crippen LogP contribution < -0.4 is 10.6 Å². The minimum Gasteiger partial charge on any atom is -0.345 e. The number of aromatic nitrogens is 3. The molecule has 0 unspecified atom stereocenters. The fourth-order valence-electron chi connectivity index (χ4n) is 4.13. The van der Waals surface area contributed by atoms with Crippen LogP contribution in [-0.4, -0.2) is 56.5 Å². The van der Waals surface area contributed by atoms with Crippen LogP contribution in [0.4, 0.5) is 0 Å². The number of nitrogens with one attached hydrogen (secondary N) is 2. The SMILES string of the molecule is CC(C)CC(=O)N1CCCC(=O)N[C@H](C)C(=O)N[C@@H](C(C)C)c2nc(-c3ccccc3)nn2CC1. The number of fused-ring (bicyclic) bond motifs is 1. The Morgan fingerprint density at radius 3 is 2.43 bits per heavy atom. The Balaban J connectivity index is 2.00. The molecule has 35 heavy (non-hydrogen) atoms. The maximum Gasteiger partial charge on any atom is 0.242 e. The Kier molecular flexibility index (Phi) is 9.01. The molecule has 3 rings (SSSR count). The Hall–Kier alpha value is -3.23. The van der Waals surface area contributed by atoms with Crippen LogP contribution in [0.5, 0.6) is 0 Å². The fourth-order valence-corrected chi connectivity index (χ4v) is 4.13. The van der Waals surface area contributed by atoms with Gasteiger partial charge < -0.3 is 15.5 Å². The van der Waals surface area contributed by atoms with Crippen molar-refractivity contribution in [3.05, 3.63) is 36.2 Å². The third-order valence-electron chi connectivity index (χ3n) is 6.09. The Morgan fingerprint density at radius 2 is 1.77 bits per heavy atom. The van der Waals surface area contributed by atoms with Gasteiger partial charge in [0.1, 0.15) is 6.04 Å². The van der Waals surface area contributed by atoms with E-state index in [0.29, 0.717) is 44.1 Å². The van der Waals surface area contributed by atoms with Crippen molar-refractivity contribution in [3.63, 3.8) is 0 Å². The zero-order chi connectivity index (χ0) is 25.5. The van der Waals surface area contributed by atoms with E-state index in [-0.39, 0.29) is 36.0 Å². The van der Waals surface area contributed by atoms with Gasteiger partial charge in [-0.1, -0.05) is 58.0 Å². The van der Waals surface area contributed by atoms with E-state index in [0.717, 1.165) is 5.56 Å². The molecule has 2 atom stereocenters. The van der Waals surface area contributed by atoms with Crippen LogP contribution in [0.15, 0.2) is 30.3 Å². The first-order valence-corrected chi connectivity index (χ1v) is 12.5. The van der Waals surface area contributed by atoms with Crippen molar-refractivity contribution < 1.29 is 14.4 Å². The van der Waals surface area contributed by atoms with Gasteiger partial charge in [-0.15, -0.1) is 0 Å². The Bertz CT molecular complexity index is 1020. The number of carbonyl (C=O) groups excluding carboxylic acids is 3. The number of nitrogens with zero attached hydrogens (tertiary/aromatic N) is 4. The van der Waals surface area contributed by atoms with Crippen LogP contribution in [0.2, 0.25) is 0 Å². The summed E-state index contributed by atoms with van der Waals surface area (Å²) in [5, 5.41) is 10.6. The van der Waals surface area contributed by atoms with Crippen molar-refractivity contribution in [1.82, 2.24) is 30.3 Å². The lowest BCUT2D eigenvalue weighted by Crippen LogP contribution is -2.47. The molecule has 0 radical (unpaired) electrons. The molecule has 0 fully saturated rings. The van der Waals surface area contributed by atoms with E-state index in [1.54, 1.807) is 6.92 Å². The third-order valence-corrected chi connectivity index (χ3v) is 6.09. The van der Waals surface area contributed by atoms with Gasteiger partial charge in [-0.2, -0.15) is 5.10 Å². The summed E-state index contributed by atoms with van der Waals surface area (Å²) in [6, 6.07) is 8.61. The van der Waals surface area contributed by atoms with Gasteiger partial charge in [-0.05, 0) is 25.2 Å². The van der Waals surface area contributed by atoms with E-state index in [2.05, 4.69) is 10.6 Å². The average molecular weight is 483 g/mol. The maximum atomic E-state index is 13.0. The van der Waals surface area contributed by atoms with Crippen molar-refractivity contribution in [2.24, 2.45) is 11.8 Å². The van der Waals surface area contributed by atoms with Crippen molar-refractivity contribution >= 4 is 17.7 Å². The molecule has 1 aromatic heterocycles. The smallest absolute Gasteiger partial charge is 0.242 e. The summed E-state index contributed by atoms with van der Waals surface area (Å²) in [5.41, 5.74) is 0.882. The van der Waals surface area contributed by atoms with Gasteiger partial charge >= 0.3 is 0 Å². The average Bonchev–Trinajstić information content (AvgIpc) is 3.22. The summed E-state index contributed by atoms with van der Waals surface area (Å²) in [4.78, 5) is 45.0. The second-order valence-corrected chi connectivity index (χ2v) is 9.98. The quantitative estimate of drug-likeness (QED) is 0.696. The lowest BCUT2D eigenvalue weighted by atomic mass is 10.0. The number of amides is 3. The number of rotatable bonds is 4. The van der Waals surface area contributed by atoms with E-state index in [9.17, 15) is 14.4 Å². The van der Waals surface area contributed by atoms with Gasteiger partial charge in [0.15, 0.2) is 11.6 Å². The van der Waals surface area contributed by atoms with Crippen LogP contribution in [0.1, 0.15) is 65.7 Å². The summed E-state index contributed by atoms with van der Waals surface area (Å²) in [5.74, 6) is 1.09. The first-order valence-electron chi connectivity index (χ1n) is 12.5. The fraction of sp³-hybridized carbons (Fsp3) is 0.577. The van der Waals surface area contributed by atoms with Crippen molar-refractivity contribution in [3.8, 4) is 11.4 Å². The highest BCUT2D eigenvalue weighted by Crippen LogP contribution is 2.24. The second-order valence-electron chi connectivity index (χ2n) is 9.98. The van der Waals surface area contributed by atoms with Gasteiger partial charge in [0.05, 0.1) is 12.6 Å². The van der Waals surface area contributed by atoms with E-state index in [1.807, 2.05) is 67.6 Å². The number of carbonyl (C=O) groups is 3. The molecule has 1 aliphatic rings. The van der Waals surface area contributed by atoms with Crippen LogP contribution in [0.25, 0.3) is 11.4 Å². The largest absolute Gasteiger partial charge is 0.345 e. The van der Waals surface area contributed by atoms with Crippen LogP contribution >= 0.6 is 0 Å². The number of benzene rings is 1. The topological polar surface area (TPSA) is 109 Å². The monoisotopic (exact) mass is 482 g/mol. The van der Waals surface area contributed by atoms with E-state index < -0.39 is 12.1 Å². The first-order chi connectivity index (χ1) is 16.7. The van der Waals surface area contributed by atoms with E-state index in [1.165, 1.54) is 0 Å². The predicted octanol–water partition coefficient (Wildman–Crippen LogP) is 2.93. The van der Waals surface area contributed by atoms with Crippen LogP contribution in [-0.2, 0) is 20.9 Å². The van der Waals surface area contributed by atoms with Crippen molar-refractivity contribution in [2.45, 2.75) is 72.5 Å². The minimum absolute atomic E-state index is 0.0278. The molecule has 0 spiro atoms. The molecular weight excluding hydrogens is 444 g/mol. The molecule has 0 aliphatic carbocycles. The molecule has 1 aromatic carbocycles. The van der Waals surface area contributed by atoms with Gasteiger partial charge in [0, 0.05) is 31.5 Å². The van der Waals surface area contributed by atoms with Crippen molar-refractivity contribution in [2.75, 3.05) is 13.1 Å². The van der Waals surface area contributed by atoms with Gasteiger partial charge in [-0.25, -0.2) is 9.67 Å². The molecule has 190 valence electrons. The summed E-state index contributed by atoms with van der Waals surface area (Å²) < 4.78 is 1.82. The molecule has 9 heteroatoms. The summed E-state index contributed by atoms with van der Waals surface area (Å²) in [7, 11) is 0. The van der Waals surface area contributed by atoms with Crippen molar-refractivity contribution in [1.29, 1.82) is 0 Å². The molecule has 2 aromatic rings.